The molecular weight excluding hydrogens is 468 g/mol. The Morgan fingerprint density at radius 3 is 1.50 bits per heavy atom. The summed E-state index contributed by atoms with van der Waals surface area (Å²) in [5, 5.41) is 0. The van der Waals surface area contributed by atoms with Crippen LogP contribution in [0.15, 0.2) is 97.1 Å². The van der Waals surface area contributed by atoms with Crippen LogP contribution < -0.4 is 20.9 Å². The van der Waals surface area contributed by atoms with Crippen molar-refractivity contribution in [2.45, 2.75) is 57.3 Å². The number of anilines is 2. The molecule has 0 radical (unpaired) electrons. The van der Waals surface area contributed by atoms with Crippen molar-refractivity contribution in [1.29, 1.82) is 0 Å². The van der Waals surface area contributed by atoms with Crippen LogP contribution >= 0.6 is 0 Å². The lowest BCUT2D eigenvalue weighted by Gasteiger charge is -2.42. The quantitative estimate of drug-likeness (QED) is 0.222. The maximum atomic E-state index is 6.09. The summed E-state index contributed by atoms with van der Waals surface area (Å²) < 4.78 is 12.2. The van der Waals surface area contributed by atoms with Crippen LogP contribution in [0.2, 0.25) is 0 Å². The molecule has 0 amide bonds. The van der Waals surface area contributed by atoms with E-state index in [2.05, 4.69) is 55.5 Å². The molecule has 1 aliphatic carbocycles. The minimum atomic E-state index is -0.0177. The molecule has 196 valence electrons. The average molecular weight is 507 g/mol. The van der Waals surface area contributed by atoms with Crippen LogP contribution in [0.5, 0.6) is 23.0 Å². The first-order chi connectivity index (χ1) is 18.5. The maximum absolute atomic E-state index is 6.09. The first kappa shape index (κ1) is 25.7. The average Bonchev–Trinajstić information content (AvgIpc) is 2.95. The van der Waals surface area contributed by atoms with Crippen molar-refractivity contribution in [2.75, 3.05) is 11.5 Å². The van der Waals surface area contributed by atoms with Crippen LogP contribution in [0.4, 0.5) is 11.4 Å². The molecule has 38 heavy (non-hydrogen) atoms. The molecule has 1 aliphatic rings. The molecule has 4 N–H and O–H groups in total. The Morgan fingerprint density at radius 2 is 1.08 bits per heavy atom. The Morgan fingerprint density at radius 1 is 0.658 bits per heavy atom. The summed E-state index contributed by atoms with van der Waals surface area (Å²) in [5.41, 5.74) is 15.8. The van der Waals surface area contributed by atoms with E-state index >= 15 is 0 Å². The second-order valence-electron chi connectivity index (χ2n) is 10.6. The molecule has 4 aromatic carbocycles. The zero-order chi connectivity index (χ0) is 26.4. The Hall–Kier alpha value is -3.92. The summed E-state index contributed by atoms with van der Waals surface area (Å²) in [6.45, 7) is 2.29. The molecule has 4 heteroatoms. The normalized spacial score (nSPS) is 16.6. The predicted molar refractivity (Wildman–Crippen MR) is 157 cm³/mol. The summed E-state index contributed by atoms with van der Waals surface area (Å²) in [6.07, 6.45) is 8.71. The molecule has 0 spiro atoms. The molecule has 0 aromatic heterocycles. The third-order valence-corrected chi connectivity index (χ3v) is 7.86. The minimum Gasteiger partial charge on any atom is -0.457 e. The number of unbranched alkanes of at least 4 members (excludes halogenated alkanes) is 1. The lowest BCUT2D eigenvalue weighted by atomic mass is 9.61. The second-order valence-corrected chi connectivity index (χ2v) is 10.6. The summed E-state index contributed by atoms with van der Waals surface area (Å²) in [4.78, 5) is 0. The van der Waals surface area contributed by atoms with Gasteiger partial charge in [0.1, 0.15) is 23.0 Å². The fourth-order valence-corrected chi connectivity index (χ4v) is 5.85. The van der Waals surface area contributed by atoms with Gasteiger partial charge in [-0.2, -0.15) is 0 Å². The van der Waals surface area contributed by atoms with E-state index in [1.54, 1.807) is 0 Å². The van der Waals surface area contributed by atoms with Crippen LogP contribution in [0, 0.1) is 5.92 Å². The first-order valence-corrected chi connectivity index (χ1v) is 13.8. The molecule has 0 aliphatic heterocycles. The number of benzene rings is 4. The molecule has 4 aromatic rings. The molecule has 0 heterocycles. The number of nitrogens with two attached hydrogens (primary N) is 2. The molecule has 5 rings (SSSR count). The molecular formula is C34H38N2O2. The third-order valence-electron chi connectivity index (χ3n) is 7.86. The molecule has 1 saturated carbocycles. The Bertz CT molecular complexity index is 1210. The van der Waals surface area contributed by atoms with Gasteiger partial charge in [0.05, 0.1) is 0 Å². The number of rotatable bonds is 9. The molecule has 0 bridgehead atoms. The highest BCUT2D eigenvalue weighted by Gasteiger charge is 2.39. The van der Waals surface area contributed by atoms with Crippen LogP contribution in [-0.2, 0) is 5.41 Å². The minimum absolute atomic E-state index is 0.0177. The molecule has 1 atom stereocenters. The number of hydrogen-bond acceptors (Lipinski definition) is 4. The van der Waals surface area contributed by atoms with E-state index in [-0.39, 0.29) is 5.41 Å². The van der Waals surface area contributed by atoms with E-state index in [4.69, 9.17) is 20.9 Å². The number of nitrogen functional groups attached to an aromatic ring is 2. The van der Waals surface area contributed by atoms with Crippen molar-refractivity contribution in [1.82, 2.24) is 0 Å². The van der Waals surface area contributed by atoms with Gasteiger partial charge in [0, 0.05) is 16.8 Å². The van der Waals surface area contributed by atoms with Gasteiger partial charge < -0.3 is 20.9 Å². The van der Waals surface area contributed by atoms with Crippen molar-refractivity contribution in [3.63, 3.8) is 0 Å². The summed E-state index contributed by atoms with van der Waals surface area (Å²) in [5.74, 6) is 3.98. The summed E-state index contributed by atoms with van der Waals surface area (Å²) in [7, 11) is 0. The van der Waals surface area contributed by atoms with E-state index in [0.29, 0.717) is 0 Å². The fraction of sp³-hybridized carbons (Fsp3) is 0.294. The lowest BCUT2D eigenvalue weighted by molar-refractivity contribution is 0.242. The van der Waals surface area contributed by atoms with E-state index in [9.17, 15) is 0 Å². The topological polar surface area (TPSA) is 70.5 Å². The standard InChI is InChI=1S/C34H38N2O2/c1-2-3-5-25-6-4-23-34(24-25,26-7-15-30(16-8-26)37-32-19-11-28(35)12-20-32)27-9-17-31(18-10-27)38-33-21-13-29(36)14-22-33/h7-22,25H,2-6,23-24,35-36H2,1H3. The SMILES string of the molecule is CCCCC1CCCC(c2ccc(Oc3ccc(N)cc3)cc2)(c2ccc(Oc3ccc(N)cc3)cc2)C1. The van der Waals surface area contributed by atoms with Crippen LogP contribution in [-0.4, -0.2) is 0 Å². The van der Waals surface area contributed by atoms with Crippen molar-refractivity contribution < 1.29 is 9.47 Å². The van der Waals surface area contributed by atoms with E-state index in [0.717, 1.165) is 46.7 Å². The van der Waals surface area contributed by atoms with Crippen molar-refractivity contribution in [3.8, 4) is 23.0 Å². The van der Waals surface area contributed by atoms with Gasteiger partial charge in [0.2, 0.25) is 0 Å². The highest BCUT2D eigenvalue weighted by atomic mass is 16.5. The Kier molecular flexibility index (Phi) is 7.88. The Labute approximate surface area is 226 Å². The highest BCUT2D eigenvalue weighted by Crippen LogP contribution is 2.49. The zero-order valence-corrected chi connectivity index (χ0v) is 22.2. The summed E-state index contributed by atoms with van der Waals surface area (Å²) in [6, 6.07) is 32.5. The van der Waals surface area contributed by atoms with Crippen molar-refractivity contribution in [2.24, 2.45) is 5.92 Å². The Balaban J connectivity index is 1.41. The predicted octanol–water partition coefficient (Wildman–Crippen LogP) is 9.10. The van der Waals surface area contributed by atoms with E-state index in [1.807, 2.05) is 48.5 Å². The summed E-state index contributed by atoms with van der Waals surface area (Å²) >= 11 is 0. The van der Waals surface area contributed by atoms with Crippen LogP contribution in [0.25, 0.3) is 0 Å². The van der Waals surface area contributed by atoms with Gasteiger partial charge in [-0.25, -0.2) is 0 Å². The van der Waals surface area contributed by atoms with Gasteiger partial charge in [-0.05, 0) is 103 Å². The van der Waals surface area contributed by atoms with E-state index in [1.165, 1.54) is 49.7 Å². The van der Waals surface area contributed by atoms with Crippen molar-refractivity contribution in [3.05, 3.63) is 108 Å². The molecule has 1 unspecified atom stereocenters. The number of hydrogen-bond donors (Lipinski definition) is 2. The fourth-order valence-electron chi connectivity index (χ4n) is 5.85. The zero-order valence-electron chi connectivity index (χ0n) is 22.2. The van der Waals surface area contributed by atoms with Gasteiger partial charge in [-0.1, -0.05) is 63.3 Å². The maximum Gasteiger partial charge on any atom is 0.127 e. The smallest absolute Gasteiger partial charge is 0.127 e. The number of ether oxygens (including phenoxy) is 2. The van der Waals surface area contributed by atoms with Crippen LogP contribution in [0.1, 0.15) is 63.0 Å². The molecule has 4 nitrogen and oxygen atoms in total. The molecule has 1 fully saturated rings. The van der Waals surface area contributed by atoms with Gasteiger partial charge in [-0.15, -0.1) is 0 Å². The van der Waals surface area contributed by atoms with Gasteiger partial charge in [0.25, 0.3) is 0 Å². The largest absolute Gasteiger partial charge is 0.457 e. The third kappa shape index (κ3) is 5.96. The highest BCUT2D eigenvalue weighted by molar-refractivity contribution is 5.47. The van der Waals surface area contributed by atoms with E-state index < -0.39 is 0 Å². The van der Waals surface area contributed by atoms with Crippen LogP contribution in [0.3, 0.4) is 0 Å². The van der Waals surface area contributed by atoms with Gasteiger partial charge >= 0.3 is 0 Å². The molecule has 0 saturated heterocycles. The van der Waals surface area contributed by atoms with Crippen molar-refractivity contribution >= 4 is 11.4 Å². The monoisotopic (exact) mass is 506 g/mol. The van der Waals surface area contributed by atoms with Gasteiger partial charge in [-0.3, -0.25) is 0 Å². The van der Waals surface area contributed by atoms with Gasteiger partial charge in [0.15, 0.2) is 0 Å². The lowest BCUT2D eigenvalue weighted by Crippen LogP contribution is -2.34. The second kappa shape index (κ2) is 11.6. The first-order valence-electron chi connectivity index (χ1n) is 13.8.